The number of nitrogens with zero attached hydrogens (tertiary/aromatic N) is 4. The first-order valence-corrected chi connectivity index (χ1v) is 12.6. The molecule has 1 saturated heterocycles. The fraction of sp³-hybridized carbons (Fsp3) is 0.172. The Bertz CT molecular complexity index is 1690. The smallest absolute Gasteiger partial charge is 0.284 e. The van der Waals surface area contributed by atoms with Crippen molar-refractivity contribution in [2.75, 3.05) is 43.9 Å². The Labute approximate surface area is 233 Å². The molecule has 4 aromatic rings. The SMILES string of the molecule is Nc1nccc(Oc2ccc(NC(=O)c3ccnn(-c4ccc(F)cc4)c3=O)cc2F)c1C#CCN1CCOCC1. The predicted octanol–water partition coefficient (Wildman–Crippen LogP) is 3.22. The number of nitrogens with one attached hydrogen (secondary N) is 1. The first-order valence-electron chi connectivity index (χ1n) is 12.6. The molecular formula is C29H24F2N6O4. The van der Waals surface area contributed by atoms with Gasteiger partial charge in [0.2, 0.25) is 0 Å². The monoisotopic (exact) mass is 558 g/mol. The lowest BCUT2D eigenvalue weighted by molar-refractivity contribution is 0.0443. The number of carbonyl (C=O) groups excluding carboxylic acids is 1. The van der Waals surface area contributed by atoms with Crippen molar-refractivity contribution in [2.24, 2.45) is 0 Å². The largest absolute Gasteiger partial charge is 0.453 e. The Kier molecular flexibility index (Phi) is 8.28. The first kappa shape index (κ1) is 27.4. The minimum Gasteiger partial charge on any atom is -0.453 e. The number of nitrogens with two attached hydrogens (primary N) is 1. The van der Waals surface area contributed by atoms with Gasteiger partial charge in [-0.25, -0.2) is 13.8 Å². The van der Waals surface area contributed by atoms with Gasteiger partial charge >= 0.3 is 0 Å². The van der Waals surface area contributed by atoms with Crippen LogP contribution in [0.15, 0.2) is 71.8 Å². The highest BCUT2D eigenvalue weighted by Gasteiger charge is 2.17. The number of halogens is 2. The van der Waals surface area contributed by atoms with Gasteiger partial charge in [-0.15, -0.1) is 0 Å². The standard InChI is InChI=1S/C29H24F2N6O4/c30-19-3-6-21(7-4-19)37-29(39)23(9-12-34-37)28(38)35-20-5-8-26(24(31)18-20)41-25-10-11-33-27(32)22(25)2-1-13-36-14-16-40-17-15-36/h3-12,18H,13-17H2,(H2,32,33)(H,35,38). The fourth-order valence-electron chi connectivity index (χ4n) is 4.00. The summed E-state index contributed by atoms with van der Waals surface area (Å²) in [4.78, 5) is 31.9. The van der Waals surface area contributed by atoms with Crippen molar-refractivity contribution in [3.8, 4) is 29.0 Å². The molecule has 1 amide bonds. The third kappa shape index (κ3) is 6.55. The molecule has 12 heteroatoms. The van der Waals surface area contributed by atoms with E-state index in [9.17, 15) is 14.0 Å². The molecule has 2 aromatic heterocycles. The minimum absolute atomic E-state index is 0.0872. The normalized spacial score (nSPS) is 13.2. The molecular weight excluding hydrogens is 534 g/mol. The molecule has 0 aliphatic carbocycles. The van der Waals surface area contributed by atoms with Crippen LogP contribution in [0.2, 0.25) is 0 Å². The fourth-order valence-corrected chi connectivity index (χ4v) is 4.00. The lowest BCUT2D eigenvalue weighted by Crippen LogP contribution is -2.36. The number of morpholine rings is 1. The molecule has 0 unspecified atom stereocenters. The van der Waals surface area contributed by atoms with E-state index in [-0.39, 0.29) is 34.3 Å². The number of pyridine rings is 1. The zero-order chi connectivity index (χ0) is 28.8. The number of benzene rings is 2. The molecule has 0 atom stereocenters. The van der Waals surface area contributed by atoms with Gasteiger partial charge in [0.25, 0.3) is 11.5 Å². The van der Waals surface area contributed by atoms with Crippen molar-refractivity contribution in [3.63, 3.8) is 0 Å². The van der Waals surface area contributed by atoms with Crippen LogP contribution in [0.5, 0.6) is 11.5 Å². The van der Waals surface area contributed by atoms with E-state index in [4.69, 9.17) is 15.2 Å². The van der Waals surface area contributed by atoms with Crippen molar-refractivity contribution >= 4 is 17.4 Å². The van der Waals surface area contributed by atoms with Gasteiger partial charge in [0.1, 0.15) is 28.5 Å². The maximum absolute atomic E-state index is 15.0. The summed E-state index contributed by atoms with van der Waals surface area (Å²) in [5.74, 6) is 4.22. The van der Waals surface area contributed by atoms with Gasteiger partial charge in [0, 0.05) is 43.3 Å². The molecule has 3 heterocycles. The maximum Gasteiger partial charge on any atom is 0.284 e. The molecule has 0 bridgehead atoms. The second kappa shape index (κ2) is 12.4. The molecule has 1 fully saturated rings. The molecule has 10 nitrogen and oxygen atoms in total. The molecule has 1 aliphatic heterocycles. The van der Waals surface area contributed by atoms with Crippen LogP contribution in [0, 0.1) is 23.5 Å². The van der Waals surface area contributed by atoms with Crippen LogP contribution in [0.25, 0.3) is 5.69 Å². The molecule has 41 heavy (non-hydrogen) atoms. The van der Waals surface area contributed by atoms with E-state index in [2.05, 4.69) is 32.1 Å². The lowest BCUT2D eigenvalue weighted by Gasteiger charge is -2.24. The lowest BCUT2D eigenvalue weighted by atomic mass is 10.2. The van der Waals surface area contributed by atoms with E-state index < -0.39 is 23.1 Å². The number of ether oxygens (including phenoxy) is 2. The molecule has 0 radical (unpaired) electrons. The number of anilines is 2. The van der Waals surface area contributed by atoms with E-state index in [1.54, 1.807) is 0 Å². The number of carbonyl (C=O) groups is 1. The van der Waals surface area contributed by atoms with Crippen LogP contribution < -0.4 is 21.3 Å². The zero-order valence-corrected chi connectivity index (χ0v) is 21.6. The maximum atomic E-state index is 15.0. The zero-order valence-electron chi connectivity index (χ0n) is 21.6. The average Bonchev–Trinajstić information content (AvgIpc) is 2.97. The Balaban J connectivity index is 1.31. The summed E-state index contributed by atoms with van der Waals surface area (Å²) >= 11 is 0. The van der Waals surface area contributed by atoms with E-state index >= 15 is 4.39 Å². The topological polar surface area (TPSA) is 125 Å². The third-order valence-corrected chi connectivity index (χ3v) is 6.13. The number of hydrogen-bond acceptors (Lipinski definition) is 8. The summed E-state index contributed by atoms with van der Waals surface area (Å²) in [7, 11) is 0. The van der Waals surface area contributed by atoms with E-state index in [0.29, 0.717) is 25.3 Å². The summed E-state index contributed by atoms with van der Waals surface area (Å²) < 4.78 is 40.4. The molecule has 1 aliphatic rings. The second-order valence-electron chi connectivity index (χ2n) is 8.90. The molecule has 3 N–H and O–H groups in total. The Morgan fingerprint density at radius 2 is 1.83 bits per heavy atom. The molecule has 0 spiro atoms. The van der Waals surface area contributed by atoms with Gasteiger partial charge in [0.15, 0.2) is 11.6 Å². The summed E-state index contributed by atoms with van der Waals surface area (Å²) in [6.45, 7) is 3.36. The summed E-state index contributed by atoms with van der Waals surface area (Å²) in [5.41, 5.74) is 5.74. The van der Waals surface area contributed by atoms with E-state index in [1.807, 2.05) is 0 Å². The van der Waals surface area contributed by atoms with Crippen LogP contribution in [0.4, 0.5) is 20.3 Å². The van der Waals surface area contributed by atoms with E-state index in [0.717, 1.165) is 23.8 Å². The van der Waals surface area contributed by atoms with Gasteiger partial charge in [-0.05, 0) is 42.5 Å². The predicted molar refractivity (Wildman–Crippen MR) is 147 cm³/mol. The number of aromatic nitrogens is 3. The quantitative estimate of drug-likeness (QED) is 0.346. The van der Waals surface area contributed by atoms with Gasteiger partial charge in [-0.3, -0.25) is 14.5 Å². The van der Waals surface area contributed by atoms with Crippen LogP contribution in [0.1, 0.15) is 15.9 Å². The van der Waals surface area contributed by atoms with Crippen molar-refractivity contribution in [3.05, 3.63) is 100 Å². The first-order chi connectivity index (χ1) is 19.9. The number of hydrogen-bond donors (Lipinski definition) is 2. The van der Waals surface area contributed by atoms with Crippen LogP contribution >= 0.6 is 0 Å². The van der Waals surface area contributed by atoms with Gasteiger partial charge in [-0.2, -0.15) is 9.78 Å². The third-order valence-electron chi connectivity index (χ3n) is 6.13. The van der Waals surface area contributed by atoms with Crippen molar-refractivity contribution < 1.29 is 23.0 Å². The van der Waals surface area contributed by atoms with Gasteiger partial charge in [0.05, 0.1) is 25.4 Å². The van der Waals surface area contributed by atoms with E-state index in [1.165, 1.54) is 60.9 Å². The number of amides is 1. The highest BCUT2D eigenvalue weighted by molar-refractivity contribution is 6.04. The molecule has 0 saturated carbocycles. The Hall–Kier alpha value is -5.12. The average molecular weight is 559 g/mol. The Morgan fingerprint density at radius 3 is 2.59 bits per heavy atom. The van der Waals surface area contributed by atoms with Gasteiger partial charge in [-0.1, -0.05) is 11.8 Å². The molecule has 5 rings (SSSR count). The Morgan fingerprint density at radius 1 is 1.05 bits per heavy atom. The second-order valence-corrected chi connectivity index (χ2v) is 8.90. The summed E-state index contributed by atoms with van der Waals surface area (Å²) in [6.07, 6.45) is 2.69. The van der Waals surface area contributed by atoms with Crippen LogP contribution in [0.3, 0.4) is 0 Å². The molecule has 208 valence electrons. The highest BCUT2D eigenvalue weighted by atomic mass is 19.1. The minimum atomic E-state index is -0.777. The molecule has 2 aromatic carbocycles. The van der Waals surface area contributed by atoms with Gasteiger partial charge < -0.3 is 20.5 Å². The van der Waals surface area contributed by atoms with Crippen LogP contribution in [-0.2, 0) is 4.74 Å². The summed E-state index contributed by atoms with van der Waals surface area (Å²) in [5, 5.41) is 6.44. The number of nitrogen functional groups attached to an aromatic ring is 1. The van der Waals surface area contributed by atoms with Crippen molar-refractivity contribution in [1.29, 1.82) is 0 Å². The summed E-state index contributed by atoms with van der Waals surface area (Å²) in [6, 6.07) is 11.6. The number of rotatable bonds is 6. The van der Waals surface area contributed by atoms with Crippen molar-refractivity contribution in [2.45, 2.75) is 0 Å². The van der Waals surface area contributed by atoms with Crippen LogP contribution in [-0.4, -0.2) is 58.4 Å². The van der Waals surface area contributed by atoms with Crippen molar-refractivity contribution in [1.82, 2.24) is 19.7 Å². The highest BCUT2D eigenvalue weighted by Crippen LogP contribution is 2.30.